The van der Waals surface area contributed by atoms with Gasteiger partial charge >= 0.3 is 5.97 Å². The van der Waals surface area contributed by atoms with Gasteiger partial charge in [-0.3, -0.25) is 14.4 Å². The predicted octanol–water partition coefficient (Wildman–Crippen LogP) is 3.04. The lowest BCUT2D eigenvalue weighted by molar-refractivity contribution is -0.147. The number of carbonyl (C=O) groups is 3. The molecule has 0 aromatic heterocycles. The average molecular weight is 396 g/mol. The van der Waals surface area contributed by atoms with Crippen molar-refractivity contribution in [3.63, 3.8) is 0 Å². The smallest absolute Gasteiger partial charge is 0.325 e. The molecule has 0 spiro atoms. The molecule has 2 N–H and O–H groups in total. The third-order valence-electron chi connectivity index (χ3n) is 4.52. The van der Waals surface area contributed by atoms with Gasteiger partial charge in [0, 0.05) is 5.56 Å². The molecule has 2 aromatic carbocycles. The summed E-state index contributed by atoms with van der Waals surface area (Å²) < 4.78 is 4.98. The van der Waals surface area contributed by atoms with Crippen LogP contribution in [0.15, 0.2) is 54.6 Å². The minimum absolute atomic E-state index is 0.173. The van der Waals surface area contributed by atoms with Crippen molar-refractivity contribution >= 4 is 17.8 Å². The number of nitrogens with one attached hydrogen (secondary N) is 2. The molecule has 6 nitrogen and oxygen atoms in total. The minimum atomic E-state index is -0.669. The van der Waals surface area contributed by atoms with Crippen LogP contribution in [0.3, 0.4) is 0 Å². The monoisotopic (exact) mass is 396 g/mol. The molecule has 2 rings (SSSR count). The Kier molecular flexibility index (Phi) is 8.40. The van der Waals surface area contributed by atoms with Gasteiger partial charge in [-0.25, -0.2) is 0 Å². The maximum atomic E-state index is 12.2. The van der Waals surface area contributed by atoms with E-state index in [1.165, 1.54) is 5.56 Å². The zero-order valence-electron chi connectivity index (χ0n) is 17.1. The molecule has 0 unspecified atom stereocenters. The van der Waals surface area contributed by atoms with E-state index in [1.807, 2.05) is 38.1 Å². The molecule has 2 amide bonds. The second-order valence-electron chi connectivity index (χ2n) is 7.09. The van der Waals surface area contributed by atoms with Crippen molar-refractivity contribution in [3.05, 3.63) is 71.3 Å². The highest BCUT2D eigenvalue weighted by Gasteiger charge is 2.19. The molecule has 0 bridgehead atoms. The molecule has 2 aromatic rings. The number of rotatable bonds is 9. The third kappa shape index (κ3) is 7.07. The van der Waals surface area contributed by atoms with E-state index in [4.69, 9.17) is 4.74 Å². The number of aryl methyl sites for hydroxylation is 1. The zero-order chi connectivity index (χ0) is 21.2. The lowest BCUT2D eigenvalue weighted by Crippen LogP contribution is -2.36. The Morgan fingerprint density at radius 3 is 2.21 bits per heavy atom. The van der Waals surface area contributed by atoms with E-state index in [-0.39, 0.29) is 30.3 Å². The molecular weight excluding hydrogens is 368 g/mol. The number of carbonyl (C=O) groups excluding carboxylic acids is 3. The van der Waals surface area contributed by atoms with Crippen LogP contribution in [0.4, 0.5) is 0 Å². The van der Waals surface area contributed by atoms with Crippen molar-refractivity contribution in [1.82, 2.24) is 10.6 Å². The van der Waals surface area contributed by atoms with Crippen LogP contribution >= 0.6 is 0 Å². The van der Waals surface area contributed by atoms with Crippen LogP contribution in [-0.2, 0) is 20.7 Å². The lowest BCUT2D eigenvalue weighted by Gasteiger charge is -2.23. The van der Waals surface area contributed by atoms with Crippen molar-refractivity contribution in [2.24, 2.45) is 5.92 Å². The Bertz CT molecular complexity index is 817. The van der Waals surface area contributed by atoms with Crippen molar-refractivity contribution < 1.29 is 19.1 Å². The Labute approximate surface area is 171 Å². The van der Waals surface area contributed by atoms with Crippen molar-refractivity contribution in [3.8, 4) is 0 Å². The second-order valence-corrected chi connectivity index (χ2v) is 7.09. The molecule has 0 fully saturated rings. The van der Waals surface area contributed by atoms with E-state index >= 15 is 0 Å². The summed E-state index contributed by atoms with van der Waals surface area (Å²) in [6, 6.07) is 16.5. The van der Waals surface area contributed by atoms with Crippen LogP contribution in [-0.4, -0.2) is 30.9 Å². The van der Waals surface area contributed by atoms with E-state index < -0.39 is 12.6 Å². The summed E-state index contributed by atoms with van der Waals surface area (Å²) in [6.45, 7) is 5.43. The lowest BCUT2D eigenvalue weighted by atomic mass is 9.95. The van der Waals surface area contributed by atoms with Gasteiger partial charge in [0.05, 0.1) is 6.04 Å². The van der Waals surface area contributed by atoms with E-state index in [0.29, 0.717) is 5.56 Å². The van der Waals surface area contributed by atoms with Crippen LogP contribution < -0.4 is 10.6 Å². The zero-order valence-corrected chi connectivity index (χ0v) is 17.1. The van der Waals surface area contributed by atoms with Crippen LogP contribution in [0.2, 0.25) is 0 Å². The molecule has 0 saturated heterocycles. The van der Waals surface area contributed by atoms with Gasteiger partial charge in [-0.15, -0.1) is 0 Å². The summed E-state index contributed by atoms with van der Waals surface area (Å²) in [6.07, 6.45) is 0.954. The summed E-state index contributed by atoms with van der Waals surface area (Å²) in [4.78, 5) is 36.0. The topological polar surface area (TPSA) is 84.5 Å². The largest absolute Gasteiger partial charge is 0.454 e. The van der Waals surface area contributed by atoms with Gasteiger partial charge in [0.2, 0.25) is 0 Å². The van der Waals surface area contributed by atoms with Crippen LogP contribution in [0.5, 0.6) is 0 Å². The molecule has 1 atom stereocenters. The first-order valence-corrected chi connectivity index (χ1v) is 9.77. The maximum absolute atomic E-state index is 12.2. The number of hydrogen-bond acceptors (Lipinski definition) is 4. The Balaban J connectivity index is 1.80. The molecule has 0 aliphatic rings. The molecule has 0 heterocycles. The third-order valence-corrected chi connectivity index (χ3v) is 4.52. The van der Waals surface area contributed by atoms with Crippen molar-refractivity contribution in [2.45, 2.75) is 33.2 Å². The molecule has 29 heavy (non-hydrogen) atoms. The van der Waals surface area contributed by atoms with Gasteiger partial charge in [0.15, 0.2) is 6.61 Å². The molecular formula is C23H28N2O4. The van der Waals surface area contributed by atoms with Crippen molar-refractivity contribution in [1.29, 1.82) is 0 Å². The first-order valence-electron chi connectivity index (χ1n) is 9.77. The first kappa shape index (κ1) is 22.1. The number of ether oxygens (including phenoxy) is 1. The highest BCUT2D eigenvalue weighted by atomic mass is 16.5. The van der Waals surface area contributed by atoms with Crippen molar-refractivity contribution in [2.75, 3.05) is 13.2 Å². The van der Waals surface area contributed by atoms with E-state index in [2.05, 4.69) is 17.6 Å². The fraction of sp³-hybridized carbons (Fsp3) is 0.348. The molecule has 6 heteroatoms. The fourth-order valence-electron chi connectivity index (χ4n) is 2.85. The van der Waals surface area contributed by atoms with E-state index in [0.717, 1.165) is 12.0 Å². The number of benzene rings is 2. The summed E-state index contributed by atoms with van der Waals surface area (Å²) in [5.74, 6) is -1.25. The van der Waals surface area contributed by atoms with Gasteiger partial charge in [-0.2, -0.15) is 0 Å². The Morgan fingerprint density at radius 1 is 0.966 bits per heavy atom. The predicted molar refractivity (Wildman–Crippen MR) is 111 cm³/mol. The second kappa shape index (κ2) is 11.0. The maximum Gasteiger partial charge on any atom is 0.325 e. The Morgan fingerprint density at radius 2 is 1.62 bits per heavy atom. The van der Waals surface area contributed by atoms with Gasteiger partial charge in [-0.1, -0.05) is 63.2 Å². The summed E-state index contributed by atoms with van der Waals surface area (Å²) >= 11 is 0. The fourth-order valence-corrected chi connectivity index (χ4v) is 2.85. The van der Waals surface area contributed by atoms with E-state index in [9.17, 15) is 14.4 Å². The molecule has 0 radical (unpaired) electrons. The molecule has 0 aliphatic heterocycles. The van der Waals surface area contributed by atoms with Gasteiger partial charge in [-0.05, 0) is 35.6 Å². The standard InChI is InChI=1S/C23H28N2O4/c1-4-17-10-12-18(13-11-17)22(16(2)3)25-20(26)15-29-21(27)14-24-23(28)19-8-6-5-7-9-19/h5-13,16,22H,4,14-15H2,1-3H3,(H,24,28)(H,25,26)/t22-/m0/s1. The highest BCUT2D eigenvalue weighted by Crippen LogP contribution is 2.22. The average Bonchev–Trinajstić information content (AvgIpc) is 2.74. The van der Waals surface area contributed by atoms with Crippen LogP contribution in [0, 0.1) is 5.92 Å². The summed E-state index contributed by atoms with van der Waals surface area (Å²) in [5, 5.41) is 5.39. The van der Waals surface area contributed by atoms with Gasteiger partial charge in [0.25, 0.3) is 11.8 Å². The van der Waals surface area contributed by atoms with E-state index in [1.54, 1.807) is 30.3 Å². The SMILES string of the molecule is CCc1ccc([C@@H](NC(=O)COC(=O)CNC(=O)c2ccccc2)C(C)C)cc1. The number of amides is 2. The highest BCUT2D eigenvalue weighted by molar-refractivity contribution is 5.96. The molecule has 0 saturated carbocycles. The summed E-state index contributed by atoms with van der Waals surface area (Å²) in [5.41, 5.74) is 2.69. The number of hydrogen-bond donors (Lipinski definition) is 2. The normalized spacial score (nSPS) is 11.6. The minimum Gasteiger partial charge on any atom is -0.454 e. The molecule has 0 aliphatic carbocycles. The Hall–Kier alpha value is -3.15. The van der Waals surface area contributed by atoms with Crippen LogP contribution in [0.25, 0.3) is 0 Å². The number of esters is 1. The first-order chi connectivity index (χ1) is 13.9. The van der Waals surface area contributed by atoms with Crippen LogP contribution in [0.1, 0.15) is 48.3 Å². The van der Waals surface area contributed by atoms with Gasteiger partial charge < -0.3 is 15.4 Å². The summed E-state index contributed by atoms with van der Waals surface area (Å²) in [7, 11) is 0. The van der Waals surface area contributed by atoms with Gasteiger partial charge in [0.1, 0.15) is 6.54 Å². The quantitative estimate of drug-likeness (QED) is 0.638. The molecule has 154 valence electrons.